The average Bonchev–Trinajstić information content (AvgIpc) is 2.79. The van der Waals surface area contributed by atoms with Gasteiger partial charge in [-0.25, -0.2) is 0 Å². The zero-order chi connectivity index (χ0) is 21.7. The molecule has 0 fully saturated rings. The van der Waals surface area contributed by atoms with Crippen LogP contribution in [0.4, 0.5) is 0 Å². The van der Waals surface area contributed by atoms with Gasteiger partial charge in [0.05, 0.1) is 6.04 Å². The van der Waals surface area contributed by atoms with Crippen LogP contribution < -0.4 is 5.73 Å². The normalized spacial score (nSPS) is 13.0. The Bertz CT molecular complexity index is 622. The summed E-state index contributed by atoms with van der Waals surface area (Å²) in [6.45, 7) is 7.30. The summed E-state index contributed by atoms with van der Waals surface area (Å²) in [5.74, 6) is 0. The van der Waals surface area contributed by atoms with Gasteiger partial charge >= 0.3 is 0 Å². The zero-order valence-electron chi connectivity index (χ0n) is 19.1. The molecule has 3 N–H and O–H groups in total. The van der Waals surface area contributed by atoms with E-state index in [-0.39, 0.29) is 0 Å². The van der Waals surface area contributed by atoms with Crippen LogP contribution in [0, 0.1) is 0 Å². The van der Waals surface area contributed by atoms with Gasteiger partial charge in [-0.2, -0.15) is 0 Å². The third-order valence-corrected chi connectivity index (χ3v) is 6.08. The van der Waals surface area contributed by atoms with Crippen LogP contribution in [0.1, 0.15) is 76.3 Å². The highest BCUT2D eigenvalue weighted by Crippen LogP contribution is 2.32. The molecule has 0 spiro atoms. The molecule has 0 saturated heterocycles. The first-order valence-electron chi connectivity index (χ1n) is 11.9. The van der Waals surface area contributed by atoms with Crippen LogP contribution in [0.5, 0.6) is 0 Å². The maximum absolute atomic E-state index is 11.9. The summed E-state index contributed by atoms with van der Waals surface area (Å²) in [6, 6.07) is 19.4. The first-order chi connectivity index (χ1) is 14.6. The molecule has 0 aromatic heterocycles. The number of benzene rings is 2. The Balaban J connectivity index is 2.17. The molecule has 0 bridgehead atoms. The Morgan fingerprint density at radius 1 is 0.733 bits per heavy atom. The van der Waals surface area contributed by atoms with Gasteiger partial charge in [-0.05, 0) is 37.1 Å². The van der Waals surface area contributed by atoms with Gasteiger partial charge in [-0.3, -0.25) is 0 Å². The summed E-state index contributed by atoms with van der Waals surface area (Å²) in [6.07, 6.45) is 9.99. The monoisotopic (exact) mass is 410 g/mol. The number of aliphatic hydroxyl groups is 1. The molecule has 2 aromatic carbocycles. The van der Waals surface area contributed by atoms with Crippen molar-refractivity contribution in [1.29, 1.82) is 0 Å². The Hall–Kier alpha value is -1.68. The van der Waals surface area contributed by atoms with Gasteiger partial charge in [0.25, 0.3) is 0 Å². The number of nitrogens with zero attached hydrogens (tertiary/aromatic N) is 1. The van der Waals surface area contributed by atoms with Crippen molar-refractivity contribution in [1.82, 2.24) is 4.90 Å². The van der Waals surface area contributed by atoms with Crippen LogP contribution in [0.15, 0.2) is 60.7 Å². The van der Waals surface area contributed by atoms with Gasteiger partial charge in [0.1, 0.15) is 5.60 Å². The lowest BCUT2D eigenvalue weighted by molar-refractivity contribution is 0.0360. The lowest BCUT2D eigenvalue weighted by atomic mass is 9.80. The fraction of sp³-hybridized carbons (Fsp3) is 0.556. The molecule has 0 aliphatic carbocycles. The van der Waals surface area contributed by atoms with Crippen LogP contribution >= 0.6 is 0 Å². The SMILES string of the molecule is CCCCCCN(CCCCCC)C[C@H](N)C(O)(c1ccccc1)c1ccccc1. The summed E-state index contributed by atoms with van der Waals surface area (Å²) in [5.41, 5.74) is 7.31. The first kappa shape index (κ1) is 24.6. The minimum absolute atomic E-state index is 0.403. The standard InChI is InChI=1S/C27H42N2O/c1-3-5-7-15-21-29(22-16-8-6-4-2)23-26(28)27(30,24-17-11-9-12-18-24)25-19-13-10-14-20-25/h9-14,17-20,26,30H,3-8,15-16,21-23,28H2,1-2H3/t26-/m0/s1. The van der Waals surface area contributed by atoms with Crippen molar-refractivity contribution >= 4 is 0 Å². The third-order valence-electron chi connectivity index (χ3n) is 6.08. The highest BCUT2D eigenvalue weighted by Gasteiger charge is 2.38. The second-order valence-electron chi connectivity index (χ2n) is 8.53. The van der Waals surface area contributed by atoms with E-state index in [4.69, 9.17) is 5.73 Å². The van der Waals surface area contributed by atoms with Crippen molar-refractivity contribution < 1.29 is 5.11 Å². The van der Waals surface area contributed by atoms with E-state index >= 15 is 0 Å². The van der Waals surface area contributed by atoms with Crippen molar-refractivity contribution in [2.75, 3.05) is 19.6 Å². The minimum Gasteiger partial charge on any atom is -0.379 e. The zero-order valence-corrected chi connectivity index (χ0v) is 19.1. The summed E-state index contributed by atoms with van der Waals surface area (Å²) < 4.78 is 0. The van der Waals surface area contributed by atoms with Gasteiger partial charge in [0, 0.05) is 6.54 Å². The average molecular weight is 411 g/mol. The van der Waals surface area contributed by atoms with Crippen molar-refractivity contribution in [2.24, 2.45) is 5.73 Å². The fourth-order valence-electron chi connectivity index (χ4n) is 4.21. The largest absolute Gasteiger partial charge is 0.379 e. The number of rotatable bonds is 15. The molecule has 0 radical (unpaired) electrons. The van der Waals surface area contributed by atoms with Crippen LogP contribution in [-0.4, -0.2) is 35.7 Å². The second kappa shape index (κ2) is 13.6. The van der Waals surface area contributed by atoms with E-state index in [1.807, 2.05) is 60.7 Å². The molecule has 0 heterocycles. The van der Waals surface area contributed by atoms with E-state index < -0.39 is 11.6 Å². The summed E-state index contributed by atoms with van der Waals surface area (Å²) in [7, 11) is 0. The topological polar surface area (TPSA) is 49.5 Å². The van der Waals surface area contributed by atoms with E-state index in [0.717, 1.165) is 24.2 Å². The predicted octanol–water partition coefficient (Wildman–Crippen LogP) is 5.71. The second-order valence-corrected chi connectivity index (χ2v) is 8.53. The molecule has 0 aliphatic heterocycles. The molecular weight excluding hydrogens is 368 g/mol. The minimum atomic E-state index is -1.20. The lowest BCUT2D eigenvalue weighted by Gasteiger charge is -2.38. The van der Waals surface area contributed by atoms with E-state index in [0.29, 0.717) is 6.54 Å². The first-order valence-corrected chi connectivity index (χ1v) is 11.9. The van der Waals surface area contributed by atoms with Crippen molar-refractivity contribution in [3.8, 4) is 0 Å². The molecule has 0 aliphatic rings. The van der Waals surface area contributed by atoms with Gasteiger partial charge in [-0.15, -0.1) is 0 Å². The smallest absolute Gasteiger partial charge is 0.131 e. The van der Waals surface area contributed by atoms with Crippen LogP contribution in [0.2, 0.25) is 0 Å². The molecule has 1 atom stereocenters. The van der Waals surface area contributed by atoms with E-state index in [1.54, 1.807) is 0 Å². The fourth-order valence-corrected chi connectivity index (χ4v) is 4.21. The van der Waals surface area contributed by atoms with Crippen molar-refractivity contribution in [3.05, 3.63) is 71.8 Å². The molecular formula is C27H42N2O. The van der Waals surface area contributed by atoms with E-state index in [9.17, 15) is 5.11 Å². The van der Waals surface area contributed by atoms with E-state index in [2.05, 4.69) is 18.7 Å². The Morgan fingerprint density at radius 3 is 1.57 bits per heavy atom. The predicted molar refractivity (Wildman–Crippen MR) is 129 cm³/mol. The van der Waals surface area contributed by atoms with Gasteiger partial charge in [0.15, 0.2) is 0 Å². The maximum atomic E-state index is 11.9. The number of hydrogen-bond acceptors (Lipinski definition) is 3. The molecule has 0 amide bonds. The molecule has 0 unspecified atom stereocenters. The summed E-state index contributed by atoms with van der Waals surface area (Å²) in [5, 5.41) is 11.9. The highest BCUT2D eigenvalue weighted by atomic mass is 16.3. The Kier molecular flexibility index (Phi) is 11.1. The third kappa shape index (κ3) is 7.23. The molecule has 30 heavy (non-hydrogen) atoms. The number of unbranched alkanes of at least 4 members (excludes halogenated alkanes) is 6. The number of hydrogen-bond donors (Lipinski definition) is 2. The maximum Gasteiger partial charge on any atom is 0.131 e. The Morgan fingerprint density at radius 2 is 1.17 bits per heavy atom. The van der Waals surface area contributed by atoms with Crippen LogP contribution in [0.3, 0.4) is 0 Å². The summed E-state index contributed by atoms with van der Waals surface area (Å²) >= 11 is 0. The molecule has 0 saturated carbocycles. The van der Waals surface area contributed by atoms with Crippen LogP contribution in [0.25, 0.3) is 0 Å². The van der Waals surface area contributed by atoms with Gasteiger partial charge < -0.3 is 15.7 Å². The van der Waals surface area contributed by atoms with Crippen molar-refractivity contribution in [3.63, 3.8) is 0 Å². The van der Waals surface area contributed by atoms with E-state index in [1.165, 1.54) is 51.4 Å². The van der Waals surface area contributed by atoms with Crippen LogP contribution in [-0.2, 0) is 5.60 Å². The molecule has 3 nitrogen and oxygen atoms in total. The quantitative estimate of drug-likeness (QED) is 0.370. The Labute approximate surface area is 184 Å². The van der Waals surface area contributed by atoms with Gasteiger partial charge in [0.2, 0.25) is 0 Å². The molecule has 2 rings (SSSR count). The van der Waals surface area contributed by atoms with Gasteiger partial charge in [-0.1, -0.05) is 113 Å². The molecule has 3 heteroatoms. The highest BCUT2D eigenvalue weighted by molar-refractivity contribution is 5.38. The molecule has 166 valence electrons. The summed E-state index contributed by atoms with van der Waals surface area (Å²) in [4.78, 5) is 2.48. The molecule has 2 aromatic rings. The van der Waals surface area contributed by atoms with Crippen molar-refractivity contribution in [2.45, 2.75) is 76.9 Å². The lowest BCUT2D eigenvalue weighted by Crippen LogP contribution is -2.53. The number of nitrogens with two attached hydrogens (primary N) is 1.